The van der Waals surface area contributed by atoms with Crippen molar-refractivity contribution in [3.05, 3.63) is 56.6 Å². The molecule has 0 aliphatic carbocycles. The summed E-state index contributed by atoms with van der Waals surface area (Å²) in [6, 6.07) is 9.44. The molecule has 172 valence electrons. The van der Waals surface area contributed by atoms with Gasteiger partial charge in [0.1, 0.15) is 0 Å². The van der Waals surface area contributed by atoms with Crippen molar-refractivity contribution in [1.82, 2.24) is 14.8 Å². The maximum absolute atomic E-state index is 12.5. The first kappa shape index (κ1) is 24.5. The van der Waals surface area contributed by atoms with Crippen LogP contribution in [0, 0.1) is 10.1 Å². The van der Waals surface area contributed by atoms with E-state index in [1.165, 1.54) is 6.92 Å². The second-order valence-corrected chi connectivity index (χ2v) is 8.45. The Balaban J connectivity index is 1.73. The summed E-state index contributed by atoms with van der Waals surface area (Å²) >= 11 is 13.2. The van der Waals surface area contributed by atoms with Gasteiger partial charge in [0, 0.05) is 36.9 Å². The third kappa shape index (κ3) is 6.01. The fraction of sp³-hybridized carbons (Fsp3) is 0.200. The van der Waals surface area contributed by atoms with Crippen LogP contribution in [0.1, 0.15) is 13.8 Å². The van der Waals surface area contributed by atoms with Gasteiger partial charge in [-0.15, -0.1) is 10.2 Å². The van der Waals surface area contributed by atoms with Crippen molar-refractivity contribution in [3.8, 4) is 11.4 Å². The zero-order chi connectivity index (χ0) is 24.1. The van der Waals surface area contributed by atoms with E-state index in [0.717, 1.165) is 29.5 Å². The summed E-state index contributed by atoms with van der Waals surface area (Å²) in [5.41, 5.74) is 1.22. The molecule has 3 aromatic rings. The number of benzene rings is 2. The number of nitro groups is 1. The number of thioether (sulfide) groups is 1. The molecule has 0 radical (unpaired) electrons. The topological polar surface area (TPSA) is 132 Å². The Bertz CT molecular complexity index is 1210. The number of rotatable bonds is 8. The largest absolute Gasteiger partial charge is 0.326 e. The number of amides is 2. The van der Waals surface area contributed by atoms with Gasteiger partial charge in [-0.1, -0.05) is 47.1 Å². The Morgan fingerprint density at radius 3 is 2.45 bits per heavy atom. The van der Waals surface area contributed by atoms with Crippen LogP contribution in [0.5, 0.6) is 0 Å². The molecule has 33 heavy (non-hydrogen) atoms. The summed E-state index contributed by atoms with van der Waals surface area (Å²) in [7, 11) is 0. The lowest BCUT2D eigenvalue weighted by molar-refractivity contribution is -0.384. The van der Waals surface area contributed by atoms with E-state index in [4.69, 9.17) is 23.2 Å². The zero-order valence-electron chi connectivity index (χ0n) is 17.5. The van der Waals surface area contributed by atoms with Crippen molar-refractivity contribution in [3.63, 3.8) is 0 Å². The molecule has 1 aromatic heterocycles. The van der Waals surface area contributed by atoms with Crippen LogP contribution in [0.15, 0.2) is 41.6 Å². The van der Waals surface area contributed by atoms with Crippen LogP contribution in [-0.4, -0.2) is 37.3 Å². The number of carbonyl (C=O) groups excluding carboxylic acids is 2. The Morgan fingerprint density at radius 2 is 1.85 bits per heavy atom. The van der Waals surface area contributed by atoms with Crippen molar-refractivity contribution in [2.24, 2.45) is 0 Å². The van der Waals surface area contributed by atoms with Gasteiger partial charge in [0.25, 0.3) is 5.69 Å². The van der Waals surface area contributed by atoms with Gasteiger partial charge < -0.3 is 15.2 Å². The average Bonchev–Trinajstić information content (AvgIpc) is 3.17. The van der Waals surface area contributed by atoms with Crippen molar-refractivity contribution in [1.29, 1.82) is 0 Å². The highest BCUT2D eigenvalue weighted by molar-refractivity contribution is 7.99. The van der Waals surface area contributed by atoms with Crippen LogP contribution in [0.3, 0.4) is 0 Å². The van der Waals surface area contributed by atoms with Crippen LogP contribution in [-0.2, 0) is 16.1 Å². The van der Waals surface area contributed by atoms with E-state index in [1.807, 2.05) is 17.6 Å². The summed E-state index contributed by atoms with van der Waals surface area (Å²) in [6.07, 6.45) is 0. The molecule has 2 N–H and O–H groups in total. The number of nitrogens with zero attached hydrogens (tertiary/aromatic N) is 4. The number of carbonyl (C=O) groups is 2. The first-order valence-corrected chi connectivity index (χ1v) is 11.3. The van der Waals surface area contributed by atoms with Crippen molar-refractivity contribution < 1.29 is 14.5 Å². The molecule has 2 aromatic carbocycles. The zero-order valence-corrected chi connectivity index (χ0v) is 19.8. The molecule has 0 unspecified atom stereocenters. The highest BCUT2D eigenvalue weighted by Gasteiger charge is 2.18. The van der Waals surface area contributed by atoms with Gasteiger partial charge in [-0.05, 0) is 19.1 Å². The standard InChI is InChI=1S/C20H18Cl2N6O4S/c1-3-27-19(12-5-4-6-13(7-12)23-11(2)29)25-26-20(27)33-10-17(30)24-18-15(21)8-14(28(31)32)9-16(18)22/h4-9H,3,10H2,1-2H3,(H,23,29)(H,24,30). The van der Waals surface area contributed by atoms with Gasteiger partial charge in [0.2, 0.25) is 11.8 Å². The molecule has 10 nitrogen and oxygen atoms in total. The third-order valence-electron chi connectivity index (χ3n) is 4.31. The summed E-state index contributed by atoms with van der Waals surface area (Å²) in [4.78, 5) is 34.0. The van der Waals surface area contributed by atoms with E-state index in [2.05, 4.69) is 20.8 Å². The molecule has 0 aliphatic heterocycles. The molecule has 0 atom stereocenters. The van der Waals surface area contributed by atoms with Gasteiger partial charge in [-0.3, -0.25) is 19.7 Å². The summed E-state index contributed by atoms with van der Waals surface area (Å²) < 4.78 is 1.84. The van der Waals surface area contributed by atoms with Gasteiger partial charge in [-0.25, -0.2) is 0 Å². The molecule has 0 saturated heterocycles. The molecule has 2 amide bonds. The quantitative estimate of drug-likeness (QED) is 0.252. The van der Waals surface area contributed by atoms with E-state index in [1.54, 1.807) is 18.2 Å². The van der Waals surface area contributed by atoms with E-state index in [0.29, 0.717) is 23.2 Å². The Labute approximate surface area is 202 Å². The second-order valence-electron chi connectivity index (χ2n) is 6.69. The molecule has 0 spiro atoms. The molecular formula is C20H18Cl2N6O4S. The molecule has 0 aliphatic rings. The van der Waals surface area contributed by atoms with Gasteiger partial charge >= 0.3 is 0 Å². The lowest BCUT2D eigenvalue weighted by Crippen LogP contribution is -2.15. The minimum absolute atomic E-state index is 0.0201. The highest BCUT2D eigenvalue weighted by atomic mass is 35.5. The predicted molar refractivity (Wildman–Crippen MR) is 128 cm³/mol. The van der Waals surface area contributed by atoms with Crippen LogP contribution < -0.4 is 10.6 Å². The fourth-order valence-corrected chi connectivity index (χ4v) is 4.30. The summed E-state index contributed by atoms with van der Waals surface area (Å²) in [6.45, 7) is 3.90. The van der Waals surface area contributed by atoms with Gasteiger partial charge in [0.05, 0.1) is 26.4 Å². The van der Waals surface area contributed by atoms with Crippen molar-refractivity contribution >= 4 is 63.8 Å². The molecule has 0 saturated carbocycles. The molecule has 3 rings (SSSR count). The number of hydrogen-bond donors (Lipinski definition) is 2. The first-order valence-electron chi connectivity index (χ1n) is 9.57. The Kier molecular flexibility index (Phi) is 7.90. The third-order valence-corrected chi connectivity index (χ3v) is 5.87. The molecule has 0 fully saturated rings. The average molecular weight is 509 g/mol. The normalized spacial score (nSPS) is 10.7. The summed E-state index contributed by atoms with van der Waals surface area (Å²) in [5, 5.41) is 25.1. The van der Waals surface area contributed by atoms with Crippen LogP contribution in [0.4, 0.5) is 17.1 Å². The van der Waals surface area contributed by atoms with E-state index in [-0.39, 0.29) is 33.1 Å². The molecular weight excluding hydrogens is 491 g/mol. The Morgan fingerprint density at radius 1 is 1.15 bits per heavy atom. The first-order chi connectivity index (χ1) is 15.7. The molecule has 13 heteroatoms. The van der Waals surface area contributed by atoms with Crippen molar-refractivity contribution in [2.45, 2.75) is 25.5 Å². The second kappa shape index (κ2) is 10.6. The van der Waals surface area contributed by atoms with Crippen LogP contribution >= 0.6 is 35.0 Å². The smallest absolute Gasteiger partial charge is 0.272 e. The number of nitrogens with one attached hydrogen (secondary N) is 2. The minimum atomic E-state index is -0.625. The lowest BCUT2D eigenvalue weighted by atomic mass is 10.2. The Hall–Kier alpha value is -3.15. The molecule has 0 bridgehead atoms. The maximum atomic E-state index is 12.5. The number of hydrogen-bond acceptors (Lipinski definition) is 7. The number of anilines is 2. The number of nitro benzene ring substituents is 1. The maximum Gasteiger partial charge on any atom is 0.272 e. The fourth-order valence-electron chi connectivity index (χ4n) is 2.92. The van der Waals surface area contributed by atoms with Crippen molar-refractivity contribution in [2.75, 3.05) is 16.4 Å². The highest BCUT2D eigenvalue weighted by Crippen LogP contribution is 2.35. The number of aromatic nitrogens is 3. The van der Waals surface area contributed by atoms with E-state index >= 15 is 0 Å². The monoisotopic (exact) mass is 508 g/mol. The van der Waals surface area contributed by atoms with E-state index < -0.39 is 10.8 Å². The van der Waals surface area contributed by atoms with Crippen LogP contribution in [0.25, 0.3) is 11.4 Å². The number of halogens is 2. The lowest BCUT2D eigenvalue weighted by Gasteiger charge is -2.10. The predicted octanol–water partition coefficient (Wildman–Crippen LogP) is 4.87. The van der Waals surface area contributed by atoms with E-state index in [9.17, 15) is 19.7 Å². The number of non-ortho nitro benzene ring substituents is 1. The van der Waals surface area contributed by atoms with Gasteiger partial charge in [-0.2, -0.15) is 0 Å². The SMILES string of the molecule is CCn1c(SCC(=O)Nc2c(Cl)cc([N+](=O)[O-])cc2Cl)nnc1-c1cccc(NC(C)=O)c1. The molecule has 1 heterocycles. The summed E-state index contributed by atoms with van der Waals surface area (Å²) in [5.74, 6) is -0.0283. The minimum Gasteiger partial charge on any atom is -0.326 e. The van der Waals surface area contributed by atoms with Crippen LogP contribution in [0.2, 0.25) is 10.0 Å². The van der Waals surface area contributed by atoms with Gasteiger partial charge in [0.15, 0.2) is 11.0 Å².